The third-order valence-corrected chi connectivity index (χ3v) is 6.11. The summed E-state index contributed by atoms with van der Waals surface area (Å²) in [5.41, 5.74) is 3.35. The predicted octanol–water partition coefficient (Wildman–Crippen LogP) is 5.29. The summed E-state index contributed by atoms with van der Waals surface area (Å²) in [5, 5.41) is 13.8. The molecule has 4 heteroatoms. The van der Waals surface area contributed by atoms with Crippen LogP contribution in [-0.4, -0.2) is 16.5 Å². The van der Waals surface area contributed by atoms with Gasteiger partial charge in [0.25, 0.3) is 5.91 Å². The maximum atomic E-state index is 12.8. The van der Waals surface area contributed by atoms with Gasteiger partial charge in [-0.3, -0.25) is 4.79 Å². The first-order valence-corrected chi connectivity index (χ1v) is 10.7. The Morgan fingerprint density at radius 1 is 1.13 bits per heavy atom. The van der Waals surface area contributed by atoms with Crippen LogP contribution in [0.15, 0.2) is 66.4 Å². The van der Waals surface area contributed by atoms with Crippen molar-refractivity contribution in [2.45, 2.75) is 45.2 Å². The summed E-state index contributed by atoms with van der Waals surface area (Å²) in [7, 11) is 0. The Bertz CT molecular complexity index is 1100. The molecule has 0 aliphatic heterocycles. The molecular weight excluding hydrogens is 370 g/mol. The van der Waals surface area contributed by atoms with Gasteiger partial charge in [0.2, 0.25) is 0 Å². The quantitative estimate of drug-likeness (QED) is 0.470. The standard InChI is InChI=1S/C26H27N3O/c1-19-9-5-7-13-24(19)28-26(30)21(16-27)15-22-18-29(17-20-10-3-2-4-11-20)25-14-8-6-12-23(22)25/h2-4,6,8,10-12,14-15,18-19,24H,5,7,9,13,17H2,1H3,(H,28,30)/b21-15+. The van der Waals surface area contributed by atoms with Crippen LogP contribution in [0.1, 0.15) is 43.7 Å². The minimum atomic E-state index is -0.267. The molecule has 2 atom stereocenters. The van der Waals surface area contributed by atoms with Crippen LogP contribution >= 0.6 is 0 Å². The summed E-state index contributed by atoms with van der Waals surface area (Å²) < 4.78 is 2.17. The topological polar surface area (TPSA) is 57.8 Å². The normalized spacial score (nSPS) is 19.4. The molecule has 1 aromatic heterocycles. The third-order valence-electron chi connectivity index (χ3n) is 6.11. The highest BCUT2D eigenvalue weighted by molar-refractivity contribution is 6.04. The zero-order valence-electron chi connectivity index (χ0n) is 17.3. The maximum Gasteiger partial charge on any atom is 0.262 e. The van der Waals surface area contributed by atoms with Crippen molar-refractivity contribution in [2.24, 2.45) is 5.92 Å². The second kappa shape index (κ2) is 9.00. The first kappa shape index (κ1) is 20.0. The molecule has 1 N–H and O–H groups in total. The van der Waals surface area contributed by atoms with E-state index in [-0.39, 0.29) is 17.5 Å². The van der Waals surface area contributed by atoms with Gasteiger partial charge in [0.15, 0.2) is 0 Å². The van der Waals surface area contributed by atoms with Crippen LogP contribution in [0.4, 0.5) is 0 Å². The van der Waals surface area contributed by atoms with Crippen LogP contribution in [0.2, 0.25) is 0 Å². The number of para-hydroxylation sites is 1. The molecule has 2 aromatic carbocycles. The number of nitrogens with zero attached hydrogens (tertiary/aromatic N) is 2. The highest BCUT2D eigenvalue weighted by Crippen LogP contribution is 2.26. The van der Waals surface area contributed by atoms with Gasteiger partial charge in [-0.25, -0.2) is 0 Å². The van der Waals surface area contributed by atoms with Gasteiger partial charge in [-0.15, -0.1) is 0 Å². The highest BCUT2D eigenvalue weighted by atomic mass is 16.1. The Kier molecular flexibility index (Phi) is 5.99. The molecule has 4 nitrogen and oxygen atoms in total. The SMILES string of the molecule is CC1CCCCC1NC(=O)/C(C#N)=C/c1cn(Cc2ccccc2)c2ccccc12. The second-order valence-electron chi connectivity index (χ2n) is 8.23. The maximum absolute atomic E-state index is 12.8. The van der Waals surface area contributed by atoms with Crippen molar-refractivity contribution in [2.75, 3.05) is 0 Å². The molecule has 152 valence electrons. The third kappa shape index (κ3) is 4.31. The van der Waals surface area contributed by atoms with Gasteiger partial charge in [-0.1, -0.05) is 68.3 Å². The molecule has 1 aliphatic carbocycles. The smallest absolute Gasteiger partial charge is 0.262 e. The molecule has 1 aliphatic rings. The highest BCUT2D eigenvalue weighted by Gasteiger charge is 2.24. The summed E-state index contributed by atoms with van der Waals surface area (Å²) in [6.45, 7) is 2.92. The number of nitriles is 1. The average molecular weight is 398 g/mol. The van der Waals surface area contributed by atoms with Crippen LogP contribution in [0.5, 0.6) is 0 Å². The number of fused-ring (bicyclic) bond motifs is 1. The lowest BCUT2D eigenvalue weighted by atomic mass is 9.86. The van der Waals surface area contributed by atoms with Gasteiger partial charge < -0.3 is 9.88 Å². The summed E-state index contributed by atoms with van der Waals surface area (Å²) in [5.74, 6) is 0.187. The van der Waals surface area contributed by atoms with Crippen molar-refractivity contribution < 1.29 is 4.79 Å². The van der Waals surface area contributed by atoms with E-state index in [0.29, 0.717) is 5.92 Å². The lowest BCUT2D eigenvalue weighted by molar-refractivity contribution is -0.118. The number of carbonyl (C=O) groups excluding carboxylic acids is 1. The van der Waals surface area contributed by atoms with Gasteiger partial charge in [0.1, 0.15) is 11.6 Å². The molecule has 1 amide bonds. The van der Waals surface area contributed by atoms with E-state index in [1.165, 1.54) is 12.0 Å². The van der Waals surface area contributed by atoms with Crippen LogP contribution in [0.25, 0.3) is 17.0 Å². The Hall–Kier alpha value is -3.32. The number of hydrogen-bond acceptors (Lipinski definition) is 2. The van der Waals surface area contributed by atoms with Gasteiger partial charge >= 0.3 is 0 Å². The monoisotopic (exact) mass is 397 g/mol. The fourth-order valence-electron chi connectivity index (χ4n) is 4.38. The number of benzene rings is 2. The van der Waals surface area contributed by atoms with E-state index in [9.17, 15) is 10.1 Å². The van der Waals surface area contributed by atoms with Crippen molar-refractivity contribution in [1.82, 2.24) is 9.88 Å². The molecule has 4 rings (SSSR count). The Balaban J connectivity index is 1.63. The van der Waals surface area contributed by atoms with Gasteiger partial charge in [-0.05, 0) is 36.5 Å². The lowest BCUT2D eigenvalue weighted by Crippen LogP contribution is -2.41. The summed E-state index contributed by atoms with van der Waals surface area (Å²) >= 11 is 0. The van der Waals surface area contributed by atoms with E-state index in [2.05, 4.69) is 41.1 Å². The van der Waals surface area contributed by atoms with E-state index in [4.69, 9.17) is 0 Å². The molecule has 30 heavy (non-hydrogen) atoms. The number of aromatic nitrogens is 1. The van der Waals surface area contributed by atoms with Gasteiger partial charge in [-0.2, -0.15) is 5.26 Å². The van der Waals surface area contributed by atoms with E-state index >= 15 is 0 Å². The molecule has 3 aromatic rings. The summed E-state index contributed by atoms with van der Waals surface area (Å²) in [6, 6.07) is 20.7. The molecule has 2 unspecified atom stereocenters. The van der Waals surface area contributed by atoms with E-state index in [1.807, 2.05) is 42.6 Å². The second-order valence-corrected chi connectivity index (χ2v) is 8.23. The first-order chi connectivity index (χ1) is 14.7. The molecule has 0 saturated heterocycles. The molecule has 1 saturated carbocycles. The number of nitrogens with one attached hydrogen (secondary N) is 1. The van der Waals surface area contributed by atoms with Crippen molar-refractivity contribution in [3.8, 4) is 6.07 Å². The fraction of sp³-hybridized carbons (Fsp3) is 0.308. The Labute approximate surface area is 177 Å². The molecule has 1 heterocycles. The molecule has 1 fully saturated rings. The largest absolute Gasteiger partial charge is 0.348 e. The average Bonchev–Trinajstić information content (AvgIpc) is 3.11. The first-order valence-electron chi connectivity index (χ1n) is 10.7. The van der Waals surface area contributed by atoms with Crippen molar-refractivity contribution in [3.05, 3.63) is 77.5 Å². The van der Waals surface area contributed by atoms with Crippen LogP contribution in [-0.2, 0) is 11.3 Å². The van der Waals surface area contributed by atoms with Crippen molar-refractivity contribution >= 4 is 22.9 Å². The van der Waals surface area contributed by atoms with E-state index < -0.39 is 0 Å². The zero-order valence-corrected chi connectivity index (χ0v) is 17.3. The minimum absolute atomic E-state index is 0.155. The molecule has 0 bridgehead atoms. The number of amides is 1. The molecular formula is C26H27N3O. The minimum Gasteiger partial charge on any atom is -0.348 e. The fourth-order valence-corrected chi connectivity index (χ4v) is 4.38. The number of carbonyl (C=O) groups is 1. The zero-order chi connectivity index (χ0) is 20.9. The Morgan fingerprint density at radius 2 is 1.87 bits per heavy atom. The molecule has 0 radical (unpaired) electrons. The lowest BCUT2D eigenvalue weighted by Gasteiger charge is -2.29. The number of rotatable bonds is 5. The number of hydrogen-bond donors (Lipinski definition) is 1. The molecule has 0 spiro atoms. The van der Waals surface area contributed by atoms with Crippen molar-refractivity contribution in [3.63, 3.8) is 0 Å². The summed E-state index contributed by atoms with van der Waals surface area (Å²) in [4.78, 5) is 12.8. The van der Waals surface area contributed by atoms with Crippen molar-refractivity contribution in [1.29, 1.82) is 5.26 Å². The van der Waals surface area contributed by atoms with Gasteiger partial charge in [0, 0.05) is 35.2 Å². The van der Waals surface area contributed by atoms with E-state index in [1.54, 1.807) is 6.08 Å². The van der Waals surface area contributed by atoms with E-state index in [0.717, 1.165) is 42.3 Å². The Morgan fingerprint density at radius 3 is 2.63 bits per heavy atom. The van der Waals surface area contributed by atoms with Crippen LogP contribution in [0, 0.1) is 17.2 Å². The summed E-state index contributed by atoms with van der Waals surface area (Å²) in [6.07, 6.45) is 8.23. The predicted molar refractivity (Wildman–Crippen MR) is 121 cm³/mol. The van der Waals surface area contributed by atoms with Crippen LogP contribution < -0.4 is 5.32 Å². The van der Waals surface area contributed by atoms with Crippen LogP contribution in [0.3, 0.4) is 0 Å². The van der Waals surface area contributed by atoms with Gasteiger partial charge in [0.05, 0.1) is 0 Å².